The number of hydrogen-bond donors (Lipinski definition) is 0. The van der Waals surface area contributed by atoms with E-state index in [1.807, 2.05) is 36.4 Å². The number of rotatable bonds is 3. The number of aryl methyl sites for hydroxylation is 1. The Morgan fingerprint density at radius 3 is 2.74 bits per heavy atom. The summed E-state index contributed by atoms with van der Waals surface area (Å²) in [5.41, 5.74) is 1.47. The lowest BCUT2D eigenvalue weighted by atomic mass is 10.2. The van der Waals surface area contributed by atoms with Crippen molar-refractivity contribution in [3.8, 4) is 0 Å². The van der Waals surface area contributed by atoms with Gasteiger partial charge in [0.15, 0.2) is 5.65 Å². The van der Waals surface area contributed by atoms with Gasteiger partial charge in [-0.1, -0.05) is 11.6 Å². The van der Waals surface area contributed by atoms with Crippen LogP contribution in [0.2, 0.25) is 5.02 Å². The highest BCUT2D eigenvalue weighted by molar-refractivity contribution is 7.89. The van der Waals surface area contributed by atoms with Crippen molar-refractivity contribution >= 4 is 44.1 Å². The van der Waals surface area contributed by atoms with Crippen LogP contribution in [0.25, 0.3) is 16.6 Å². The highest BCUT2D eigenvalue weighted by Crippen LogP contribution is 2.28. The third kappa shape index (κ3) is 3.03. The van der Waals surface area contributed by atoms with Gasteiger partial charge in [0.2, 0.25) is 16.0 Å². The monoisotopic (exact) mass is 408 g/mol. The molecular formula is C17H21ClN6O2S. The van der Waals surface area contributed by atoms with Gasteiger partial charge in [-0.15, -0.1) is 10.2 Å². The van der Waals surface area contributed by atoms with Gasteiger partial charge in [0.1, 0.15) is 5.82 Å². The Kier molecular flexibility index (Phi) is 4.48. The molecule has 0 N–H and O–H groups in total. The second-order valence-electron chi connectivity index (χ2n) is 6.79. The van der Waals surface area contributed by atoms with Gasteiger partial charge in [-0.3, -0.25) is 0 Å². The summed E-state index contributed by atoms with van der Waals surface area (Å²) < 4.78 is 28.1. The average molecular weight is 409 g/mol. The van der Waals surface area contributed by atoms with Crippen LogP contribution in [0.3, 0.4) is 0 Å². The van der Waals surface area contributed by atoms with Crippen molar-refractivity contribution in [3.05, 3.63) is 29.0 Å². The average Bonchev–Trinajstić information content (AvgIpc) is 3.02. The molecule has 1 aliphatic rings. The maximum Gasteiger partial charge on any atom is 0.214 e. The van der Waals surface area contributed by atoms with Crippen LogP contribution in [0, 0.1) is 6.92 Å². The van der Waals surface area contributed by atoms with Crippen LogP contribution >= 0.6 is 11.6 Å². The maximum atomic E-state index is 12.3. The van der Waals surface area contributed by atoms with Crippen LogP contribution in [0.4, 0.5) is 5.95 Å². The van der Waals surface area contributed by atoms with Crippen molar-refractivity contribution in [2.45, 2.75) is 26.8 Å². The molecule has 3 heterocycles. The minimum Gasteiger partial charge on any atom is -0.339 e. The standard InChI is InChI=1S/C17H21ClN6O2S/c1-4-27(25,26)23-8-7-22(10-11(23)2)17-19-15-9-13(18)5-6-14(15)16-21-20-12(3)24(16)17/h5-6,9,11H,4,7-8,10H2,1-3H3. The van der Waals surface area contributed by atoms with Crippen molar-refractivity contribution in [1.82, 2.24) is 23.9 Å². The molecule has 0 radical (unpaired) electrons. The number of aromatic nitrogens is 4. The van der Waals surface area contributed by atoms with E-state index in [9.17, 15) is 8.42 Å². The Morgan fingerprint density at radius 1 is 1.26 bits per heavy atom. The number of halogens is 1. The van der Waals surface area contributed by atoms with Gasteiger partial charge in [0.25, 0.3) is 0 Å². The second kappa shape index (κ2) is 6.57. The second-order valence-corrected chi connectivity index (χ2v) is 9.43. The Morgan fingerprint density at radius 2 is 2.04 bits per heavy atom. The molecule has 1 saturated heterocycles. The predicted molar refractivity (Wildman–Crippen MR) is 106 cm³/mol. The number of sulfonamides is 1. The van der Waals surface area contributed by atoms with Gasteiger partial charge < -0.3 is 4.90 Å². The fourth-order valence-corrected chi connectivity index (χ4v) is 5.11. The van der Waals surface area contributed by atoms with E-state index in [2.05, 4.69) is 15.1 Å². The minimum absolute atomic E-state index is 0.110. The van der Waals surface area contributed by atoms with E-state index in [0.29, 0.717) is 30.6 Å². The molecule has 0 amide bonds. The summed E-state index contributed by atoms with van der Waals surface area (Å²) in [5, 5.41) is 10.0. The molecule has 8 nitrogen and oxygen atoms in total. The molecule has 1 atom stereocenters. The van der Waals surface area contributed by atoms with Crippen LogP contribution in [0.5, 0.6) is 0 Å². The van der Waals surface area contributed by atoms with Gasteiger partial charge in [-0.05, 0) is 39.0 Å². The van der Waals surface area contributed by atoms with E-state index < -0.39 is 10.0 Å². The molecule has 1 unspecified atom stereocenters. The quantitative estimate of drug-likeness (QED) is 0.659. The molecule has 1 aromatic carbocycles. The Balaban J connectivity index is 1.81. The van der Waals surface area contributed by atoms with Crippen LogP contribution in [0.15, 0.2) is 18.2 Å². The molecule has 0 aliphatic carbocycles. The zero-order valence-corrected chi connectivity index (χ0v) is 17.0. The third-order valence-electron chi connectivity index (χ3n) is 5.02. The van der Waals surface area contributed by atoms with Crippen LogP contribution in [-0.4, -0.2) is 63.7 Å². The molecule has 2 aromatic heterocycles. The number of nitrogens with zero attached hydrogens (tertiary/aromatic N) is 6. The van der Waals surface area contributed by atoms with Crippen LogP contribution in [-0.2, 0) is 10.0 Å². The summed E-state index contributed by atoms with van der Waals surface area (Å²) in [6, 6.07) is 5.37. The third-order valence-corrected chi connectivity index (χ3v) is 7.24. The summed E-state index contributed by atoms with van der Waals surface area (Å²) in [4.78, 5) is 6.91. The van der Waals surface area contributed by atoms with Gasteiger partial charge in [0.05, 0.1) is 11.3 Å². The first-order valence-electron chi connectivity index (χ1n) is 8.87. The van der Waals surface area contributed by atoms with Gasteiger partial charge in [0, 0.05) is 36.1 Å². The highest BCUT2D eigenvalue weighted by Gasteiger charge is 2.33. The number of anilines is 1. The summed E-state index contributed by atoms with van der Waals surface area (Å²) in [6.45, 7) is 7.00. The molecular weight excluding hydrogens is 388 g/mol. The van der Waals surface area contributed by atoms with Crippen molar-refractivity contribution in [3.63, 3.8) is 0 Å². The minimum atomic E-state index is -3.22. The smallest absolute Gasteiger partial charge is 0.214 e. The zero-order chi connectivity index (χ0) is 19.3. The van der Waals surface area contributed by atoms with Crippen molar-refractivity contribution < 1.29 is 8.42 Å². The number of piperazine rings is 1. The van der Waals surface area contributed by atoms with Gasteiger partial charge in [-0.25, -0.2) is 17.8 Å². The Hall–Kier alpha value is -1.97. The molecule has 0 saturated carbocycles. The van der Waals surface area contributed by atoms with Crippen molar-refractivity contribution in [2.75, 3.05) is 30.3 Å². The normalized spacial score (nSPS) is 19.3. The van der Waals surface area contributed by atoms with E-state index >= 15 is 0 Å². The van der Waals surface area contributed by atoms with E-state index in [1.165, 1.54) is 0 Å². The molecule has 10 heteroatoms. The maximum absolute atomic E-state index is 12.3. The number of benzene rings is 1. The molecule has 144 valence electrons. The predicted octanol–water partition coefficient (Wildman–Crippen LogP) is 2.10. The molecule has 27 heavy (non-hydrogen) atoms. The molecule has 0 bridgehead atoms. The summed E-state index contributed by atoms with van der Waals surface area (Å²) >= 11 is 6.15. The largest absolute Gasteiger partial charge is 0.339 e. The van der Waals surface area contributed by atoms with Gasteiger partial charge >= 0.3 is 0 Å². The van der Waals surface area contributed by atoms with Gasteiger partial charge in [-0.2, -0.15) is 4.31 Å². The molecule has 4 rings (SSSR count). The van der Waals surface area contributed by atoms with E-state index in [4.69, 9.17) is 16.6 Å². The van der Waals surface area contributed by atoms with E-state index in [1.54, 1.807) is 11.2 Å². The Labute approximate surface area is 162 Å². The first kappa shape index (κ1) is 18.4. The lowest BCUT2D eigenvalue weighted by Crippen LogP contribution is -2.54. The number of hydrogen-bond acceptors (Lipinski definition) is 6. The van der Waals surface area contributed by atoms with Crippen molar-refractivity contribution in [1.29, 1.82) is 0 Å². The fraction of sp³-hybridized carbons (Fsp3) is 0.471. The first-order valence-corrected chi connectivity index (χ1v) is 10.9. The molecule has 0 spiro atoms. The molecule has 1 fully saturated rings. The van der Waals surface area contributed by atoms with Crippen LogP contribution in [0.1, 0.15) is 19.7 Å². The van der Waals surface area contributed by atoms with E-state index in [-0.39, 0.29) is 11.8 Å². The molecule has 1 aliphatic heterocycles. The fourth-order valence-electron chi connectivity index (χ4n) is 3.63. The molecule has 3 aromatic rings. The Bertz CT molecular complexity index is 1130. The van der Waals surface area contributed by atoms with Crippen LogP contribution < -0.4 is 4.90 Å². The highest BCUT2D eigenvalue weighted by atomic mass is 35.5. The lowest BCUT2D eigenvalue weighted by molar-refractivity contribution is 0.305. The summed E-state index contributed by atoms with van der Waals surface area (Å²) in [5.74, 6) is 1.56. The SMILES string of the molecule is CCS(=O)(=O)N1CCN(c2nc3cc(Cl)ccc3c3nnc(C)n23)CC1C. The summed E-state index contributed by atoms with van der Waals surface area (Å²) in [6.07, 6.45) is 0. The topological polar surface area (TPSA) is 83.7 Å². The summed E-state index contributed by atoms with van der Waals surface area (Å²) in [7, 11) is -3.22. The number of fused-ring (bicyclic) bond motifs is 3. The lowest BCUT2D eigenvalue weighted by Gasteiger charge is -2.39. The first-order chi connectivity index (χ1) is 12.8. The van der Waals surface area contributed by atoms with Crippen molar-refractivity contribution in [2.24, 2.45) is 0 Å². The zero-order valence-electron chi connectivity index (χ0n) is 15.4. The van der Waals surface area contributed by atoms with E-state index in [0.717, 1.165) is 22.4 Å².